The van der Waals surface area contributed by atoms with E-state index in [1.165, 1.54) is 16.9 Å². The summed E-state index contributed by atoms with van der Waals surface area (Å²) >= 11 is 1.44. The minimum atomic E-state index is -0.504. The van der Waals surface area contributed by atoms with E-state index in [-0.39, 0.29) is 11.9 Å². The quantitative estimate of drug-likeness (QED) is 0.591. The van der Waals surface area contributed by atoms with E-state index in [2.05, 4.69) is 36.2 Å². The van der Waals surface area contributed by atoms with Gasteiger partial charge in [0.1, 0.15) is 11.7 Å². The van der Waals surface area contributed by atoms with Crippen molar-refractivity contribution in [1.29, 1.82) is 0 Å². The van der Waals surface area contributed by atoms with Gasteiger partial charge in [0.25, 0.3) is 5.91 Å². The summed E-state index contributed by atoms with van der Waals surface area (Å²) in [6.45, 7) is 4.81. The molecule has 4 rings (SSSR count). The van der Waals surface area contributed by atoms with E-state index in [1.54, 1.807) is 11.8 Å². The van der Waals surface area contributed by atoms with Gasteiger partial charge in [-0.05, 0) is 38.2 Å². The number of piperidine rings is 1. The lowest BCUT2D eigenvalue weighted by molar-refractivity contribution is -0.149. The van der Waals surface area contributed by atoms with Crippen LogP contribution >= 0.6 is 11.3 Å². The van der Waals surface area contributed by atoms with E-state index < -0.39 is 6.04 Å². The van der Waals surface area contributed by atoms with Crippen molar-refractivity contribution in [3.05, 3.63) is 47.1 Å². The number of thiazole rings is 1. The second-order valence-corrected chi connectivity index (χ2v) is 8.05. The van der Waals surface area contributed by atoms with Gasteiger partial charge in [-0.2, -0.15) is 0 Å². The topological polar surface area (TPSA) is 63.9 Å². The lowest BCUT2D eigenvalue weighted by Crippen LogP contribution is -2.48. The highest BCUT2D eigenvalue weighted by molar-refractivity contribution is 7.15. The van der Waals surface area contributed by atoms with Crippen LogP contribution in [0.3, 0.4) is 0 Å². The van der Waals surface area contributed by atoms with Gasteiger partial charge in [0.2, 0.25) is 0 Å². The minimum absolute atomic E-state index is 0.140. The normalized spacial score (nSPS) is 16.9. The van der Waals surface area contributed by atoms with Gasteiger partial charge in [-0.25, -0.2) is 9.78 Å². The van der Waals surface area contributed by atoms with Crippen molar-refractivity contribution < 1.29 is 14.3 Å². The largest absolute Gasteiger partial charge is 0.464 e. The smallest absolute Gasteiger partial charge is 0.328 e. The number of nitrogens with zero attached hydrogens (tertiary/aromatic N) is 3. The van der Waals surface area contributed by atoms with Crippen molar-refractivity contribution in [3.63, 3.8) is 0 Å². The summed E-state index contributed by atoms with van der Waals surface area (Å²) < 4.78 is 7.04. The number of carbonyl (C=O) groups excluding carboxylic acids is 2. The predicted molar refractivity (Wildman–Crippen MR) is 113 cm³/mol. The third kappa shape index (κ3) is 3.79. The fraction of sp³-hybridized carbons (Fsp3) is 0.409. The number of hydrogen-bond acceptors (Lipinski definition) is 5. The molecule has 0 N–H and O–H groups in total. The number of aromatic nitrogens is 2. The average molecular weight is 412 g/mol. The van der Waals surface area contributed by atoms with E-state index in [9.17, 15) is 9.59 Å². The van der Waals surface area contributed by atoms with Crippen molar-refractivity contribution in [3.8, 4) is 11.3 Å². The van der Waals surface area contributed by atoms with Crippen LogP contribution in [0.2, 0.25) is 0 Å². The molecule has 1 aliphatic heterocycles. The average Bonchev–Trinajstić information content (AvgIpc) is 3.34. The second kappa shape index (κ2) is 8.37. The molecule has 29 heavy (non-hydrogen) atoms. The summed E-state index contributed by atoms with van der Waals surface area (Å²) in [6, 6.07) is 7.83. The van der Waals surface area contributed by atoms with E-state index in [1.807, 2.05) is 16.0 Å². The highest BCUT2D eigenvalue weighted by Gasteiger charge is 2.34. The van der Waals surface area contributed by atoms with Crippen LogP contribution in [0.15, 0.2) is 35.8 Å². The molecule has 3 heterocycles. The van der Waals surface area contributed by atoms with E-state index >= 15 is 0 Å². The summed E-state index contributed by atoms with van der Waals surface area (Å²) in [6.07, 6.45) is 5.37. The molecule has 2 aromatic heterocycles. The Bertz CT molecular complexity index is 1020. The number of aryl methyl sites for hydroxylation is 1. The number of benzene rings is 1. The Morgan fingerprint density at radius 1 is 1.21 bits per heavy atom. The van der Waals surface area contributed by atoms with Crippen LogP contribution in [0.1, 0.15) is 49.2 Å². The molecule has 1 saturated heterocycles. The van der Waals surface area contributed by atoms with Gasteiger partial charge >= 0.3 is 5.97 Å². The van der Waals surface area contributed by atoms with Crippen LogP contribution in [-0.2, 0) is 16.0 Å². The molecule has 6 nitrogen and oxygen atoms in total. The predicted octanol–water partition coefficient (Wildman–Crippen LogP) is 4.18. The van der Waals surface area contributed by atoms with Crippen LogP contribution < -0.4 is 0 Å². The first-order valence-electron chi connectivity index (χ1n) is 10.2. The van der Waals surface area contributed by atoms with E-state index in [4.69, 9.17) is 4.74 Å². The van der Waals surface area contributed by atoms with Crippen molar-refractivity contribution >= 4 is 28.2 Å². The Kier molecular flexibility index (Phi) is 5.67. The zero-order valence-corrected chi connectivity index (χ0v) is 17.6. The molecule has 0 aliphatic carbocycles. The fourth-order valence-corrected chi connectivity index (χ4v) is 4.64. The maximum absolute atomic E-state index is 13.3. The molecule has 1 aromatic carbocycles. The highest BCUT2D eigenvalue weighted by Crippen LogP contribution is 2.27. The molecule has 0 bridgehead atoms. The number of carbonyl (C=O) groups is 2. The lowest BCUT2D eigenvalue weighted by Gasteiger charge is -2.33. The van der Waals surface area contributed by atoms with Gasteiger partial charge in [0.15, 0.2) is 4.96 Å². The maximum atomic E-state index is 13.3. The zero-order chi connectivity index (χ0) is 20.4. The number of amides is 1. The number of ether oxygens (including phenoxy) is 1. The van der Waals surface area contributed by atoms with Crippen LogP contribution in [0, 0.1) is 0 Å². The van der Waals surface area contributed by atoms with Gasteiger partial charge in [-0.15, -0.1) is 11.3 Å². The molecule has 3 aromatic rings. The summed E-state index contributed by atoms with van der Waals surface area (Å²) in [4.78, 5) is 32.8. The van der Waals surface area contributed by atoms with Gasteiger partial charge in [0.05, 0.1) is 12.3 Å². The van der Waals surface area contributed by atoms with Gasteiger partial charge in [-0.3, -0.25) is 9.20 Å². The van der Waals surface area contributed by atoms with Crippen LogP contribution in [-0.4, -0.2) is 45.4 Å². The Labute approximate surface area is 174 Å². The first-order valence-corrected chi connectivity index (χ1v) is 11.0. The summed E-state index contributed by atoms with van der Waals surface area (Å²) in [5, 5.41) is 1.82. The standard InChI is InChI=1S/C22H25N3O3S/c1-3-15-8-10-16(11-9-15)17-13-25-19(14-29-22(25)23-17)20(26)24-12-6-5-7-18(24)21(27)28-4-2/h8-11,13-14,18H,3-7,12H2,1-2H3/t18-/m1/s1. The third-order valence-corrected chi connectivity index (χ3v) is 6.25. The Hall–Kier alpha value is -2.67. The molecule has 0 saturated carbocycles. The second-order valence-electron chi connectivity index (χ2n) is 7.21. The molecule has 1 atom stereocenters. The SMILES string of the molecule is CCOC(=O)[C@H]1CCCCN1C(=O)c1csc2nc(-c3ccc(CC)cc3)cn12. The third-order valence-electron chi connectivity index (χ3n) is 5.41. The van der Waals surface area contributed by atoms with Crippen molar-refractivity contribution in [2.24, 2.45) is 0 Å². The molecule has 152 valence electrons. The number of hydrogen-bond donors (Lipinski definition) is 0. The molecule has 0 unspecified atom stereocenters. The molecule has 1 fully saturated rings. The van der Waals surface area contributed by atoms with Crippen LogP contribution in [0.25, 0.3) is 16.2 Å². The number of imidazole rings is 1. The summed E-state index contributed by atoms with van der Waals surface area (Å²) in [5.41, 5.74) is 3.69. The van der Waals surface area contributed by atoms with Crippen LogP contribution in [0.5, 0.6) is 0 Å². The first-order chi connectivity index (χ1) is 14.1. The molecular formula is C22H25N3O3S. The molecular weight excluding hydrogens is 386 g/mol. The van der Waals surface area contributed by atoms with Crippen molar-refractivity contribution in [1.82, 2.24) is 14.3 Å². The first kappa shape index (κ1) is 19.6. The van der Waals surface area contributed by atoms with Crippen LogP contribution in [0.4, 0.5) is 0 Å². The van der Waals surface area contributed by atoms with Gasteiger partial charge in [0, 0.05) is 23.7 Å². The minimum Gasteiger partial charge on any atom is -0.464 e. The summed E-state index contributed by atoms with van der Waals surface area (Å²) in [5.74, 6) is -0.450. The molecule has 0 spiro atoms. The Morgan fingerprint density at radius 2 is 2.00 bits per heavy atom. The maximum Gasteiger partial charge on any atom is 0.328 e. The number of likely N-dealkylation sites (tertiary alicyclic amines) is 1. The van der Waals surface area contributed by atoms with Gasteiger partial charge in [-0.1, -0.05) is 31.2 Å². The molecule has 1 aliphatic rings. The Morgan fingerprint density at radius 3 is 2.72 bits per heavy atom. The monoisotopic (exact) mass is 411 g/mol. The van der Waals surface area contributed by atoms with E-state index in [0.717, 1.165) is 35.5 Å². The Balaban J connectivity index is 1.63. The highest BCUT2D eigenvalue weighted by atomic mass is 32.1. The van der Waals surface area contributed by atoms with Crippen molar-refractivity contribution in [2.75, 3.05) is 13.2 Å². The lowest BCUT2D eigenvalue weighted by atomic mass is 10.0. The van der Waals surface area contributed by atoms with E-state index in [0.29, 0.717) is 25.3 Å². The molecule has 1 amide bonds. The summed E-state index contributed by atoms with van der Waals surface area (Å²) in [7, 11) is 0. The molecule has 7 heteroatoms. The van der Waals surface area contributed by atoms with Gasteiger partial charge < -0.3 is 9.64 Å². The number of fused-ring (bicyclic) bond motifs is 1. The zero-order valence-electron chi connectivity index (χ0n) is 16.8. The number of rotatable bonds is 5. The fourth-order valence-electron chi connectivity index (χ4n) is 3.79. The number of esters is 1. The molecule has 0 radical (unpaired) electrons. The van der Waals surface area contributed by atoms with Crippen molar-refractivity contribution in [2.45, 2.75) is 45.6 Å².